The number of nitrogens with two attached hydrogens (primary N) is 1. The average Bonchev–Trinajstić information content (AvgIpc) is 2.70. The number of anilines is 1. The summed E-state index contributed by atoms with van der Waals surface area (Å²) < 4.78 is 14.9. The second-order valence-corrected chi connectivity index (χ2v) is 4.42. The first kappa shape index (κ1) is 13.3. The number of aromatic nitrogens is 2. The van der Waals surface area contributed by atoms with Crippen LogP contribution in [0.25, 0.3) is 11.3 Å². The van der Waals surface area contributed by atoms with Gasteiger partial charge in [0.1, 0.15) is 23.2 Å². The summed E-state index contributed by atoms with van der Waals surface area (Å²) in [7, 11) is 0. The fourth-order valence-corrected chi connectivity index (χ4v) is 2.08. The maximum absolute atomic E-state index is 13.0. The standard InChI is InChI=1S/C15H18FN3/c1-3-5-13-18-14(15(17)19(13)10-4-2)11-6-8-12(16)9-7-11/h4,6-9H,2-3,5,10,17H2,1H3. The maximum atomic E-state index is 13.0. The quantitative estimate of drug-likeness (QED) is 0.836. The summed E-state index contributed by atoms with van der Waals surface area (Å²) in [5.41, 5.74) is 7.70. The van der Waals surface area contributed by atoms with Gasteiger partial charge in [-0.05, 0) is 30.7 Å². The number of hydrogen-bond acceptors (Lipinski definition) is 2. The molecular formula is C15H18FN3. The third-order valence-electron chi connectivity index (χ3n) is 2.99. The Morgan fingerprint density at radius 3 is 2.63 bits per heavy atom. The van der Waals surface area contributed by atoms with E-state index in [1.165, 1.54) is 12.1 Å². The van der Waals surface area contributed by atoms with Gasteiger partial charge in [-0.2, -0.15) is 0 Å². The van der Waals surface area contributed by atoms with Crippen molar-refractivity contribution in [2.24, 2.45) is 0 Å². The molecule has 2 N–H and O–H groups in total. The van der Waals surface area contributed by atoms with Crippen molar-refractivity contribution in [3.05, 3.63) is 48.6 Å². The van der Waals surface area contributed by atoms with Crippen molar-refractivity contribution in [3.8, 4) is 11.3 Å². The Balaban J connectivity index is 2.48. The van der Waals surface area contributed by atoms with Crippen molar-refractivity contribution >= 4 is 5.82 Å². The molecule has 0 atom stereocenters. The number of hydrogen-bond donors (Lipinski definition) is 1. The van der Waals surface area contributed by atoms with Crippen LogP contribution in [0.1, 0.15) is 19.2 Å². The molecule has 0 spiro atoms. The highest BCUT2D eigenvalue weighted by atomic mass is 19.1. The molecule has 3 nitrogen and oxygen atoms in total. The van der Waals surface area contributed by atoms with E-state index in [1.807, 2.05) is 4.57 Å². The van der Waals surface area contributed by atoms with Gasteiger partial charge < -0.3 is 10.3 Å². The molecule has 2 rings (SSSR count). The number of rotatable bonds is 5. The number of allylic oxidation sites excluding steroid dienone is 1. The van der Waals surface area contributed by atoms with E-state index in [0.717, 1.165) is 24.2 Å². The predicted molar refractivity (Wildman–Crippen MR) is 76.2 cm³/mol. The SMILES string of the molecule is C=CCn1c(CCC)nc(-c2ccc(F)cc2)c1N. The predicted octanol–water partition coefficient (Wildman–Crippen LogP) is 3.41. The lowest BCUT2D eigenvalue weighted by Crippen LogP contribution is -2.05. The molecule has 4 heteroatoms. The Bertz CT molecular complexity index is 570. The lowest BCUT2D eigenvalue weighted by atomic mass is 10.1. The number of aryl methyl sites for hydroxylation is 1. The maximum Gasteiger partial charge on any atom is 0.132 e. The van der Waals surface area contributed by atoms with E-state index in [2.05, 4.69) is 18.5 Å². The lowest BCUT2D eigenvalue weighted by Gasteiger charge is -2.05. The Morgan fingerprint density at radius 1 is 1.37 bits per heavy atom. The first-order valence-corrected chi connectivity index (χ1v) is 6.39. The van der Waals surface area contributed by atoms with E-state index in [4.69, 9.17) is 5.73 Å². The largest absolute Gasteiger partial charge is 0.383 e. The molecule has 0 saturated heterocycles. The van der Waals surface area contributed by atoms with E-state index in [-0.39, 0.29) is 5.82 Å². The molecule has 1 heterocycles. The molecule has 0 amide bonds. The van der Waals surface area contributed by atoms with E-state index in [1.54, 1.807) is 18.2 Å². The highest BCUT2D eigenvalue weighted by Gasteiger charge is 2.14. The van der Waals surface area contributed by atoms with E-state index >= 15 is 0 Å². The third-order valence-corrected chi connectivity index (χ3v) is 2.99. The fourth-order valence-electron chi connectivity index (χ4n) is 2.08. The monoisotopic (exact) mass is 259 g/mol. The van der Waals surface area contributed by atoms with Crippen molar-refractivity contribution < 1.29 is 4.39 Å². The normalized spacial score (nSPS) is 10.6. The van der Waals surface area contributed by atoms with Gasteiger partial charge in [0.15, 0.2) is 0 Å². The van der Waals surface area contributed by atoms with Gasteiger partial charge in [0.25, 0.3) is 0 Å². The van der Waals surface area contributed by atoms with Gasteiger partial charge in [0.2, 0.25) is 0 Å². The van der Waals surface area contributed by atoms with Crippen LogP contribution in [0.4, 0.5) is 10.2 Å². The Morgan fingerprint density at radius 2 is 2.05 bits per heavy atom. The van der Waals surface area contributed by atoms with Crippen molar-refractivity contribution in [3.63, 3.8) is 0 Å². The summed E-state index contributed by atoms with van der Waals surface area (Å²) in [5.74, 6) is 1.29. The smallest absolute Gasteiger partial charge is 0.132 e. The van der Waals surface area contributed by atoms with Crippen LogP contribution < -0.4 is 5.73 Å². The van der Waals surface area contributed by atoms with Gasteiger partial charge in [-0.3, -0.25) is 0 Å². The Hall–Kier alpha value is -2.10. The van der Waals surface area contributed by atoms with Gasteiger partial charge in [-0.1, -0.05) is 13.0 Å². The molecule has 1 aromatic carbocycles. The van der Waals surface area contributed by atoms with E-state index < -0.39 is 0 Å². The number of imidazole rings is 1. The minimum atomic E-state index is -0.262. The zero-order valence-electron chi connectivity index (χ0n) is 11.1. The summed E-state index contributed by atoms with van der Waals surface area (Å²) in [6.45, 7) is 6.47. The molecule has 100 valence electrons. The molecule has 0 fully saturated rings. The molecular weight excluding hydrogens is 241 g/mol. The molecule has 0 aliphatic heterocycles. The van der Waals surface area contributed by atoms with Crippen LogP contribution in [-0.4, -0.2) is 9.55 Å². The van der Waals surface area contributed by atoms with Crippen molar-refractivity contribution in [1.82, 2.24) is 9.55 Å². The van der Waals surface area contributed by atoms with Crippen LogP contribution in [0.3, 0.4) is 0 Å². The van der Waals surface area contributed by atoms with Gasteiger partial charge in [0.05, 0.1) is 0 Å². The van der Waals surface area contributed by atoms with Gasteiger partial charge in [-0.15, -0.1) is 6.58 Å². The summed E-state index contributed by atoms with van der Waals surface area (Å²) in [5, 5.41) is 0. The molecule has 1 aromatic heterocycles. The topological polar surface area (TPSA) is 43.8 Å². The molecule has 0 saturated carbocycles. The molecule has 0 radical (unpaired) electrons. The van der Waals surface area contributed by atoms with Gasteiger partial charge in [0, 0.05) is 18.5 Å². The molecule has 0 bridgehead atoms. The van der Waals surface area contributed by atoms with Crippen LogP contribution in [0, 0.1) is 5.82 Å². The second kappa shape index (κ2) is 5.69. The molecule has 0 aliphatic carbocycles. The summed E-state index contributed by atoms with van der Waals surface area (Å²) >= 11 is 0. The van der Waals surface area contributed by atoms with Crippen molar-refractivity contribution in [2.75, 3.05) is 5.73 Å². The molecule has 19 heavy (non-hydrogen) atoms. The van der Waals surface area contributed by atoms with Crippen LogP contribution in [0.5, 0.6) is 0 Å². The minimum Gasteiger partial charge on any atom is -0.383 e. The minimum absolute atomic E-state index is 0.262. The summed E-state index contributed by atoms with van der Waals surface area (Å²) in [6.07, 6.45) is 3.65. The van der Waals surface area contributed by atoms with Crippen LogP contribution in [0.15, 0.2) is 36.9 Å². The number of benzene rings is 1. The lowest BCUT2D eigenvalue weighted by molar-refractivity contribution is 0.628. The molecule has 2 aromatic rings. The first-order valence-electron chi connectivity index (χ1n) is 6.39. The van der Waals surface area contributed by atoms with Gasteiger partial charge in [-0.25, -0.2) is 9.37 Å². The van der Waals surface area contributed by atoms with Crippen molar-refractivity contribution in [1.29, 1.82) is 0 Å². The Kier molecular flexibility index (Phi) is 4.00. The zero-order valence-corrected chi connectivity index (χ0v) is 11.1. The number of nitrogen functional groups attached to an aromatic ring is 1. The average molecular weight is 259 g/mol. The van der Waals surface area contributed by atoms with Crippen LogP contribution in [-0.2, 0) is 13.0 Å². The summed E-state index contributed by atoms with van der Waals surface area (Å²) in [4.78, 5) is 4.59. The van der Waals surface area contributed by atoms with Crippen LogP contribution in [0.2, 0.25) is 0 Å². The highest BCUT2D eigenvalue weighted by molar-refractivity contribution is 5.71. The van der Waals surface area contributed by atoms with Crippen LogP contribution >= 0.6 is 0 Å². The fraction of sp³-hybridized carbons (Fsp3) is 0.267. The highest BCUT2D eigenvalue weighted by Crippen LogP contribution is 2.27. The molecule has 0 unspecified atom stereocenters. The van der Waals surface area contributed by atoms with E-state index in [0.29, 0.717) is 18.1 Å². The summed E-state index contributed by atoms with van der Waals surface area (Å²) in [6, 6.07) is 6.23. The Labute approximate surface area is 112 Å². The third kappa shape index (κ3) is 2.67. The number of halogens is 1. The number of nitrogens with zero attached hydrogens (tertiary/aromatic N) is 2. The first-order chi connectivity index (χ1) is 9.17. The molecule has 0 aliphatic rings. The van der Waals surface area contributed by atoms with Crippen molar-refractivity contribution in [2.45, 2.75) is 26.3 Å². The zero-order chi connectivity index (χ0) is 13.8. The van der Waals surface area contributed by atoms with E-state index in [9.17, 15) is 4.39 Å². The van der Waals surface area contributed by atoms with Gasteiger partial charge >= 0.3 is 0 Å². The second-order valence-electron chi connectivity index (χ2n) is 4.42.